The van der Waals surface area contributed by atoms with Gasteiger partial charge < -0.3 is 15.2 Å². The van der Waals surface area contributed by atoms with Gasteiger partial charge in [-0.15, -0.1) is 0 Å². The molecule has 0 fully saturated rings. The maximum Gasteiger partial charge on any atom is 0.341 e. The number of carbonyl (C=O) groups is 2. The molecule has 0 atom stereocenters. The van der Waals surface area contributed by atoms with Crippen LogP contribution in [0.5, 0.6) is 5.75 Å². The highest BCUT2D eigenvalue weighted by atomic mass is 16.5. The van der Waals surface area contributed by atoms with Crippen molar-refractivity contribution in [2.45, 2.75) is 32.1 Å². The van der Waals surface area contributed by atoms with Crippen LogP contribution < -0.4 is 10.1 Å². The summed E-state index contributed by atoms with van der Waals surface area (Å²) in [6.07, 6.45) is 4.99. The number of hydrogen-bond acceptors (Lipinski definition) is 3. The van der Waals surface area contributed by atoms with Gasteiger partial charge in [0.15, 0.2) is 6.61 Å². The van der Waals surface area contributed by atoms with Crippen LogP contribution in [0.4, 0.5) is 5.69 Å². The standard InChI is InChI=1S/C20H21NO4/c22-19(11-14-8-9-15-4-1-2-5-16(15)10-14)21-17-6-3-7-18(12-17)25-13-20(23)24/h3,6-10,12H,1-2,4-5,11,13H2,(H,21,22)(H,23,24). The predicted octanol–water partition coefficient (Wildman–Crippen LogP) is 3.21. The molecule has 25 heavy (non-hydrogen) atoms. The van der Waals surface area contributed by atoms with Gasteiger partial charge in [0.2, 0.25) is 5.91 Å². The zero-order valence-electron chi connectivity index (χ0n) is 14.0. The summed E-state index contributed by atoms with van der Waals surface area (Å²) in [4.78, 5) is 22.8. The molecule has 2 N–H and O–H groups in total. The first-order chi connectivity index (χ1) is 12.1. The quantitative estimate of drug-likeness (QED) is 0.847. The van der Waals surface area contributed by atoms with Crippen LogP contribution in [-0.4, -0.2) is 23.6 Å². The Bertz CT molecular complexity index is 785. The van der Waals surface area contributed by atoms with Crippen LogP contribution in [0.15, 0.2) is 42.5 Å². The summed E-state index contributed by atoms with van der Waals surface area (Å²) in [5.74, 6) is -0.734. The van der Waals surface area contributed by atoms with Gasteiger partial charge >= 0.3 is 5.97 Å². The molecule has 130 valence electrons. The number of fused-ring (bicyclic) bond motifs is 1. The number of rotatable bonds is 6. The molecule has 1 aliphatic carbocycles. The molecule has 5 heteroatoms. The number of hydrogen-bond donors (Lipinski definition) is 2. The van der Waals surface area contributed by atoms with E-state index < -0.39 is 12.6 Å². The van der Waals surface area contributed by atoms with E-state index >= 15 is 0 Å². The first kappa shape index (κ1) is 17.0. The van der Waals surface area contributed by atoms with Crippen molar-refractivity contribution in [2.24, 2.45) is 0 Å². The first-order valence-electron chi connectivity index (χ1n) is 8.45. The molecule has 0 radical (unpaired) electrons. The third-order valence-electron chi connectivity index (χ3n) is 4.26. The molecule has 0 saturated heterocycles. The van der Waals surface area contributed by atoms with Crippen LogP contribution in [0.3, 0.4) is 0 Å². The number of carboxylic acid groups (broad SMARTS) is 1. The molecular formula is C20H21NO4. The van der Waals surface area contributed by atoms with Crippen LogP contribution in [-0.2, 0) is 28.9 Å². The molecular weight excluding hydrogens is 318 g/mol. The monoisotopic (exact) mass is 339 g/mol. The Labute approximate surface area is 146 Å². The van der Waals surface area contributed by atoms with E-state index in [9.17, 15) is 9.59 Å². The van der Waals surface area contributed by atoms with E-state index in [-0.39, 0.29) is 5.91 Å². The van der Waals surface area contributed by atoms with Crippen molar-refractivity contribution in [3.05, 3.63) is 59.2 Å². The van der Waals surface area contributed by atoms with Crippen LogP contribution in [0.25, 0.3) is 0 Å². The Balaban J connectivity index is 1.61. The van der Waals surface area contributed by atoms with E-state index in [0.29, 0.717) is 17.9 Å². The fourth-order valence-corrected chi connectivity index (χ4v) is 3.10. The zero-order chi connectivity index (χ0) is 17.6. The predicted molar refractivity (Wildman–Crippen MR) is 95.0 cm³/mol. The van der Waals surface area contributed by atoms with Gasteiger partial charge in [-0.2, -0.15) is 0 Å². The Morgan fingerprint density at radius 3 is 2.64 bits per heavy atom. The number of aryl methyl sites for hydroxylation is 2. The average Bonchev–Trinajstić information content (AvgIpc) is 2.60. The molecule has 3 rings (SSSR count). The summed E-state index contributed by atoms with van der Waals surface area (Å²) in [6, 6.07) is 13.0. The number of nitrogens with one attached hydrogen (secondary N) is 1. The molecule has 0 spiro atoms. The van der Waals surface area contributed by atoms with Gasteiger partial charge in [-0.3, -0.25) is 4.79 Å². The van der Waals surface area contributed by atoms with Gasteiger partial charge in [-0.05, 0) is 54.5 Å². The Hall–Kier alpha value is -2.82. The minimum Gasteiger partial charge on any atom is -0.482 e. The fourth-order valence-electron chi connectivity index (χ4n) is 3.10. The molecule has 0 unspecified atom stereocenters. The molecule has 0 aliphatic heterocycles. The second-order valence-corrected chi connectivity index (χ2v) is 6.25. The van der Waals surface area contributed by atoms with Crippen LogP contribution in [0.2, 0.25) is 0 Å². The Kier molecular flexibility index (Phi) is 5.33. The SMILES string of the molecule is O=C(O)COc1cccc(NC(=O)Cc2ccc3c(c2)CCCC3)c1. The lowest BCUT2D eigenvalue weighted by molar-refractivity contribution is -0.139. The van der Waals surface area contributed by atoms with Crippen molar-refractivity contribution in [1.29, 1.82) is 0 Å². The molecule has 0 heterocycles. The number of benzene rings is 2. The summed E-state index contributed by atoms with van der Waals surface area (Å²) in [5, 5.41) is 11.5. The van der Waals surface area contributed by atoms with Gasteiger partial charge in [0.1, 0.15) is 5.75 Å². The van der Waals surface area contributed by atoms with Crippen molar-refractivity contribution in [3.63, 3.8) is 0 Å². The van der Waals surface area contributed by atoms with Crippen molar-refractivity contribution in [1.82, 2.24) is 0 Å². The summed E-state index contributed by atoms with van der Waals surface area (Å²) < 4.78 is 5.12. The highest BCUT2D eigenvalue weighted by Crippen LogP contribution is 2.23. The van der Waals surface area contributed by atoms with Crippen molar-refractivity contribution in [3.8, 4) is 5.75 Å². The number of ether oxygens (including phenoxy) is 1. The van der Waals surface area contributed by atoms with Gasteiger partial charge in [0, 0.05) is 11.8 Å². The first-order valence-corrected chi connectivity index (χ1v) is 8.45. The number of aliphatic carboxylic acids is 1. The minimum absolute atomic E-state index is 0.105. The van der Waals surface area contributed by atoms with Gasteiger partial charge in [-0.1, -0.05) is 24.3 Å². The molecule has 2 aromatic carbocycles. The topological polar surface area (TPSA) is 75.6 Å². The number of carbonyl (C=O) groups excluding carboxylic acids is 1. The van der Waals surface area contributed by atoms with E-state index in [0.717, 1.165) is 18.4 Å². The van der Waals surface area contributed by atoms with Crippen LogP contribution >= 0.6 is 0 Å². The molecule has 5 nitrogen and oxygen atoms in total. The van der Waals surface area contributed by atoms with E-state index in [1.165, 1.54) is 24.0 Å². The largest absolute Gasteiger partial charge is 0.482 e. The summed E-state index contributed by atoms with van der Waals surface area (Å²) in [5.41, 5.74) is 4.36. The normalized spacial score (nSPS) is 13.0. The fraction of sp³-hybridized carbons (Fsp3) is 0.300. The maximum absolute atomic E-state index is 12.3. The minimum atomic E-state index is -1.04. The molecule has 1 aliphatic rings. The van der Waals surface area contributed by atoms with Gasteiger partial charge in [-0.25, -0.2) is 4.79 Å². The summed E-state index contributed by atoms with van der Waals surface area (Å²) >= 11 is 0. The number of carboxylic acids is 1. The third kappa shape index (κ3) is 4.83. The van der Waals surface area contributed by atoms with Crippen LogP contribution in [0, 0.1) is 0 Å². The second-order valence-electron chi connectivity index (χ2n) is 6.25. The van der Waals surface area contributed by atoms with E-state index in [1.807, 2.05) is 6.07 Å². The summed E-state index contributed by atoms with van der Waals surface area (Å²) in [7, 11) is 0. The highest BCUT2D eigenvalue weighted by molar-refractivity contribution is 5.92. The Morgan fingerprint density at radius 2 is 1.84 bits per heavy atom. The highest BCUT2D eigenvalue weighted by Gasteiger charge is 2.11. The van der Waals surface area contributed by atoms with Gasteiger partial charge in [0.05, 0.1) is 6.42 Å². The van der Waals surface area contributed by atoms with E-state index in [2.05, 4.69) is 17.4 Å². The van der Waals surface area contributed by atoms with Gasteiger partial charge in [0.25, 0.3) is 0 Å². The molecule has 2 aromatic rings. The maximum atomic E-state index is 12.3. The van der Waals surface area contributed by atoms with Crippen LogP contribution in [0.1, 0.15) is 29.5 Å². The molecule has 0 saturated carbocycles. The Morgan fingerprint density at radius 1 is 1.04 bits per heavy atom. The lowest BCUT2D eigenvalue weighted by Gasteiger charge is -2.16. The molecule has 0 aromatic heterocycles. The lowest BCUT2D eigenvalue weighted by atomic mass is 9.90. The van der Waals surface area contributed by atoms with Crippen molar-refractivity contribution < 1.29 is 19.4 Å². The molecule has 0 bridgehead atoms. The van der Waals surface area contributed by atoms with E-state index in [4.69, 9.17) is 9.84 Å². The van der Waals surface area contributed by atoms with Crippen molar-refractivity contribution >= 4 is 17.6 Å². The molecule has 1 amide bonds. The average molecular weight is 339 g/mol. The summed E-state index contributed by atoms with van der Waals surface area (Å²) in [6.45, 7) is -0.410. The zero-order valence-corrected chi connectivity index (χ0v) is 14.0. The van der Waals surface area contributed by atoms with E-state index in [1.54, 1.807) is 24.3 Å². The number of anilines is 1. The number of amides is 1. The van der Waals surface area contributed by atoms with Crippen molar-refractivity contribution in [2.75, 3.05) is 11.9 Å². The smallest absolute Gasteiger partial charge is 0.341 e. The second kappa shape index (κ2) is 7.83. The third-order valence-corrected chi connectivity index (χ3v) is 4.26. The lowest BCUT2D eigenvalue weighted by Crippen LogP contribution is -2.15.